The highest BCUT2D eigenvalue weighted by molar-refractivity contribution is 14.1. The number of ether oxygens (including phenoxy) is 2. The summed E-state index contributed by atoms with van der Waals surface area (Å²) in [5.41, 5.74) is 2.86. The highest BCUT2D eigenvalue weighted by Crippen LogP contribution is 2.35. The number of thioether (sulfide) groups is 1. The number of rotatable bonds is 7. The van der Waals surface area contributed by atoms with Crippen LogP contribution in [-0.2, 0) is 17.9 Å². The third-order valence-corrected chi connectivity index (χ3v) is 7.33. The molecule has 4 rings (SSSR count). The Balaban J connectivity index is 1.43. The fraction of sp³-hybridized carbons (Fsp3) is 0.120. The molecule has 0 spiro atoms. The molecule has 0 bridgehead atoms. The summed E-state index contributed by atoms with van der Waals surface area (Å²) in [6.07, 6.45) is 1.81. The Hall–Kier alpha value is -2.07. The van der Waals surface area contributed by atoms with Gasteiger partial charge in [-0.3, -0.25) is 9.69 Å². The van der Waals surface area contributed by atoms with E-state index in [2.05, 4.69) is 22.6 Å². The van der Waals surface area contributed by atoms with Crippen LogP contribution >= 0.6 is 58.2 Å². The number of methoxy groups -OCH3 is 1. The largest absolute Gasteiger partial charge is 0.497 e. The van der Waals surface area contributed by atoms with E-state index in [1.54, 1.807) is 18.1 Å². The number of carbonyl (C=O) groups is 1. The summed E-state index contributed by atoms with van der Waals surface area (Å²) in [5, 5.41) is 0.489. The molecule has 1 aliphatic rings. The molecule has 8 heteroatoms. The first-order valence-corrected chi connectivity index (χ1v) is 12.7. The van der Waals surface area contributed by atoms with E-state index in [9.17, 15) is 4.79 Å². The first kappa shape index (κ1) is 24.1. The fourth-order valence-corrected chi connectivity index (χ4v) is 5.03. The highest BCUT2D eigenvalue weighted by Gasteiger charge is 2.32. The Morgan fingerprint density at radius 3 is 2.42 bits per heavy atom. The molecule has 0 unspecified atom stereocenters. The molecule has 33 heavy (non-hydrogen) atoms. The van der Waals surface area contributed by atoms with Crippen molar-refractivity contribution in [2.75, 3.05) is 7.11 Å². The number of thiocarbonyl (C=S) groups is 1. The van der Waals surface area contributed by atoms with Gasteiger partial charge in [0.15, 0.2) is 0 Å². The summed E-state index contributed by atoms with van der Waals surface area (Å²) in [7, 11) is 1.62. The molecule has 0 N–H and O–H groups in total. The van der Waals surface area contributed by atoms with Gasteiger partial charge in [0.05, 0.1) is 23.6 Å². The lowest BCUT2D eigenvalue weighted by molar-refractivity contribution is -0.122. The van der Waals surface area contributed by atoms with E-state index in [0.717, 1.165) is 22.4 Å². The van der Waals surface area contributed by atoms with Crippen LogP contribution in [-0.4, -0.2) is 22.2 Å². The Kier molecular flexibility index (Phi) is 7.95. The van der Waals surface area contributed by atoms with Crippen molar-refractivity contribution in [1.82, 2.24) is 4.90 Å². The van der Waals surface area contributed by atoms with Gasteiger partial charge in [0.25, 0.3) is 5.91 Å². The van der Waals surface area contributed by atoms with E-state index < -0.39 is 0 Å². The minimum Gasteiger partial charge on any atom is -0.497 e. The van der Waals surface area contributed by atoms with E-state index >= 15 is 0 Å². The van der Waals surface area contributed by atoms with Crippen LogP contribution in [0.25, 0.3) is 6.08 Å². The SMILES string of the molecule is COc1ccc(CN2C(=O)C(=Cc3ccc(OCc4ccc(I)cc4)c(Cl)c3)SC2=S)cc1. The quantitative estimate of drug-likeness (QED) is 0.165. The average molecular weight is 608 g/mol. The second kappa shape index (κ2) is 10.9. The van der Waals surface area contributed by atoms with Gasteiger partial charge in [0.2, 0.25) is 0 Å². The zero-order valence-corrected chi connectivity index (χ0v) is 22.1. The number of nitrogens with zero attached hydrogens (tertiary/aromatic N) is 1. The molecular weight excluding hydrogens is 589 g/mol. The van der Waals surface area contributed by atoms with E-state index in [1.165, 1.54) is 15.3 Å². The molecular formula is C25H19ClINO3S2. The molecule has 1 heterocycles. The van der Waals surface area contributed by atoms with Gasteiger partial charge in [0, 0.05) is 3.57 Å². The van der Waals surface area contributed by atoms with Gasteiger partial charge in [-0.25, -0.2) is 0 Å². The second-order valence-corrected chi connectivity index (χ2v) is 10.5. The summed E-state index contributed by atoms with van der Waals surface area (Å²) in [5.74, 6) is 1.25. The third-order valence-electron chi connectivity index (χ3n) is 4.93. The van der Waals surface area contributed by atoms with Gasteiger partial charge >= 0.3 is 0 Å². The maximum Gasteiger partial charge on any atom is 0.266 e. The Morgan fingerprint density at radius 2 is 1.76 bits per heavy atom. The zero-order chi connectivity index (χ0) is 23.4. The van der Waals surface area contributed by atoms with E-state index in [4.69, 9.17) is 33.3 Å². The van der Waals surface area contributed by atoms with Crippen LogP contribution in [0.2, 0.25) is 5.02 Å². The normalized spacial score (nSPS) is 14.8. The minimum atomic E-state index is -0.115. The first-order valence-electron chi connectivity index (χ1n) is 9.98. The van der Waals surface area contributed by atoms with Gasteiger partial charge in [-0.15, -0.1) is 0 Å². The number of benzene rings is 3. The molecule has 168 valence electrons. The number of hydrogen-bond acceptors (Lipinski definition) is 5. The van der Waals surface area contributed by atoms with Gasteiger partial charge in [-0.05, 0) is 81.8 Å². The molecule has 4 nitrogen and oxygen atoms in total. The minimum absolute atomic E-state index is 0.115. The van der Waals surface area contributed by atoms with Gasteiger partial charge < -0.3 is 9.47 Å². The summed E-state index contributed by atoms with van der Waals surface area (Å²) in [4.78, 5) is 15.1. The monoisotopic (exact) mass is 607 g/mol. The molecule has 0 radical (unpaired) electrons. The molecule has 1 amide bonds. The van der Waals surface area contributed by atoms with Crippen molar-refractivity contribution < 1.29 is 14.3 Å². The van der Waals surface area contributed by atoms with Crippen molar-refractivity contribution in [3.05, 3.63) is 96.9 Å². The van der Waals surface area contributed by atoms with E-state index in [0.29, 0.717) is 33.1 Å². The van der Waals surface area contributed by atoms with Gasteiger partial charge in [-0.2, -0.15) is 0 Å². The number of amides is 1. The van der Waals surface area contributed by atoms with Gasteiger partial charge in [0.1, 0.15) is 22.4 Å². The topological polar surface area (TPSA) is 38.8 Å². The first-order chi connectivity index (χ1) is 15.9. The molecule has 1 fully saturated rings. The van der Waals surface area contributed by atoms with Gasteiger partial charge in [-0.1, -0.05) is 65.9 Å². The molecule has 0 saturated carbocycles. The Labute approximate surface area is 221 Å². The Bertz CT molecular complexity index is 1210. The van der Waals surface area contributed by atoms with E-state index in [-0.39, 0.29) is 5.91 Å². The smallest absolute Gasteiger partial charge is 0.266 e. The van der Waals surface area contributed by atoms with Crippen LogP contribution in [0.3, 0.4) is 0 Å². The third kappa shape index (κ3) is 6.09. The predicted molar refractivity (Wildman–Crippen MR) is 147 cm³/mol. The summed E-state index contributed by atoms with van der Waals surface area (Å²) in [6.45, 7) is 0.845. The lowest BCUT2D eigenvalue weighted by atomic mass is 10.2. The maximum atomic E-state index is 12.9. The van der Waals surface area contributed by atoms with Crippen LogP contribution in [0.15, 0.2) is 71.6 Å². The highest BCUT2D eigenvalue weighted by atomic mass is 127. The molecule has 0 aliphatic carbocycles. The van der Waals surface area contributed by atoms with Crippen molar-refractivity contribution in [3.8, 4) is 11.5 Å². The number of carbonyl (C=O) groups excluding carboxylic acids is 1. The standard InChI is InChI=1S/C25H19ClINO3S2/c1-30-20-9-4-16(5-10-20)14-28-24(29)23(33-25(28)32)13-18-6-11-22(21(26)12-18)31-15-17-2-7-19(27)8-3-17/h2-13H,14-15H2,1H3. The van der Waals surface area contributed by atoms with Crippen molar-refractivity contribution in [2.45, 2.75) is 13.2 Å². The molecule has 1 aliphatic heterocycles. The molecule has 3 aromatic rings. The van der Waals surface area contributed by atoms with Crippen LogP contribution in [0.1, 0.15) is 16.7 Å². The molecule has 3 aromatic carbocycles. The molecule has 0 aromatic heterocycles. The zero-order valence-electron chi connectivity index (χ0n) is 17.6. The summed E-state index contributed by atoms with van der Waals surface area (Å²) < 4.78 is 12.8. The summed E-state index contributed by atoms with van der Waals surface area (Å²) >= 11 is 15.4. The van der Waals surface area contributed by atoms with Crippen molar-refractivity contribution >= 4 is 74.5 Å². The fourth-order valence-electron chi connectivity index (χ4n) is 3.17. The van der Waals surface area contributed by atoms with Crippen molar-refractivity contribution in [3.63, 3.8) is 0 Å². The molecule has 0 atom stereocenters. The lowest BCUT2D eigenvalue weighted by Crippen LogP contribution is -2.27. The number of hydrogen-bond donors (Lipinski definition) is 0. The van der Waals surface area contributed by atoms with Crippen LogP contribution in [0, 0.1) is 3.57 Å². The summed E-state index contributed by atoms with van der Waals surface area (Å²) in [6, 6.07) is 21.2. The number of halogens is 2. The van der Waals surface area contributed by atoms with Crippen LogP contribution in [0.4, 0.5) is 0 Å². The van der Waals surface area contributed by atoms with Crippen molar-refractivity contribution in [1.29, 1.82) is 0 Å². The van der Waals surface area contributed by atoms with Crippen molar-refractivity contribution in [2.24, 2.45) is 0 Å². The van der Waals surface area contributed by atoms with Crippen LogP contribution < -0.4 is 9.47 Å². The van der Waals surface area contributed by atoms with E-state index in [1.807, 2.05) is 66.7 Å². The lowest BCUT2D eigenvalue weighted by Gasteiger charge is -2.14. The second-order valence-electron chi connectivity index (χ2n) is 7.22. The molecule has 1 saturated heterocycles. The average Bonchev–Trinajstić information content (AvgIpc) is 3.07. The predicted octanol–water partition coefficient (Wildman–Crippen LogP) is 6.93. The maximum absolute atomic E-state index is 12.9. The van der Waals surface area contributed by atoms with Crippen LogP contribution in [0.5, 0.6) is 11.5 Å². The Morgan fingerprint density at radius 1 is 1.06 bits per heavy atom.